The molecule has 3 aromatic rings. The van der Waals surface area contributed by atoms with Gasteiger partial charge in [-0.25, -0.2) is 0 Å². The number of carbonyl (C=O) groups excluding carboxylic acids is 1. The number of hydrogen-bond donors (Lipinski definition) is 0. The molecule has 7 nitrogen and oxygen atoms in total. The molecule has 0 bridgehead atoms. The number of hydrogen-bond acceptors (Lipinski definition) is 6. The van der Waals surface area contributed by atoms with Gasteiger partial charge in [-0.2, -0.15) is 0 Å². The summed E-state index contributed by atoms with van der Waals surface area (Å²) in [6.07, 6.45) is 1.36. The number of piperazine rings is 1. The molecule has 0 spiro atoms. The minimum Gasteiger partial charge on any atom is -0.493 e. The third kappa shape index (κ3) is 5.37. The largest absolute Gasteiger partial charge is 0.493 e. The fourth-order valence-electron chi connectivity index (χ4n) is 5.33. The molecule has 0 unspecified atom stereocenters. The number of rotatable bonds is 8. The molecule has 0 radical (unpaired) electrons. The van der Waals surface area contributed by atoms with Crippen LogP contribution in [0.3, 0.4) is 0 Å². The monoisotopic (exact) mass is 501 g/mol. The van der Waals surface area contributed by atoms with Gasteiger partial charge >= 0.3 is 0 Å². The molecule has 2 aliphatic rings. The number of nitrogens with zero attached hydrogens (tertiary/aromatic N) is 3. The molecule has 1 fully saturated rings. The lowest BCUT2D eigenvalue weighted by atomic mass is 9.99. The van der Waals surface area contributed by atoms with Crippen molar-refractivity contribution in [1.29, 1.82) is 0 Å². The van der Waals surface area contributed by atoms with Gasteiger partial charge < -0.3 is 24.0 Å². The zero-order chi connectivity index (χ0) is 25.8. The van der Waals surface area contributed by atoms with Gasteiger partial charge in [0.2, 0.25) is 11.7 Å². The molecular weight excluding hydrogens is 466 g/mol. The molecular formula is C30H35N3O4. The number of aryl methyl sites for hydroxylation is 1. The lowest BCUT2D eigenvalue weighted by Gasteiger charge is -2.37. The van der Waals surface area contributed by atoms with E-state index >= 15 is 0 Å². The average molecular weight is 502 g/mol. The van der Waals surface area contributed by atoms with E-state index in [0.29, 0.717) is 30.2 Å². The summed E-state index contributed by atoms with van der Waals surface area (Å²) in [5.41, 5.74) is 5.83. The molecule has 1 saturated heterocycles. The van der Waals surface area contributed by atoms with Crippen molar-refractivity contribution in [2.75, 3.05) is 57.3 Å². The van der Waals surface area contributed by atoms with E-state index in [1.54, 1.807) is 21.3 Å². The SMILES string of the molecule is COc1cc(CN2CCN(c3ccc4c(c3)CCC(=O)N4Cc3ccccc3)CC2)cc(OC)c1OC. The minimum absolute atomic E-state index is 0.199. The van der Waals surface area contributed by atoms with Crippen LogP contribution < -0.4 is 24.0 Å². The summed E-state index contributed by atoms with van der Waals surface area (Å²) in [5, 5.41) is 0. The van der Waals surface area contributed by atoms with Gasteiger partial charge in [0.05, 0.1) is 27.9 Å². The summed E-state index contributed by atoms with van der Waals surface area (Å²) < 4.78 is 16.5. The van der Waals surface area contributed by atoms with Crippen LogP contribution in [0.4, 0.5) is 11.4 Å². The molecule has 0 atom stereocenters. The highest BCUT2D eigenvalue weighted by molar-refractivity contribution is 5.96. The second kappa shape index (κ2) is 11.1. The molecule has 3 aromatic carbocycles. The second-order valence-corrected chi connectivity index (χ2v) is 9.58. The first-order chi connectivity index (χ1) is 18.1. The summed E-state index contributed by atoms with van der Waals surface area (Å²) in [7, 11) is 4.92. The number of carbonyl (C=O) groups is 1. The Morgan fingerprint density at radius 1 is 0.730 bits per heavy atom. The molecule has 0 aliphatic carbocycles. The van der Waals surface area contributed by atoms with Gasteiger partial charge in [0, 0.05) is 50.5 Å². The standard InChI is InChI=1S/C30H35N3O4/c1-35-27-17-23(18-28(36-2)30(27)37-3)20-31-13-15-32(16-14-31)25-10-11-26-24(19-25)9-12-29(34)33(26)21-22-7-5-4-6-8-22/h4-8,10-11,17-19H,9,12-16,20-21H2,1-3H3. The molecule has 7 heteroatoms. The van der Waals surface area contributed by atoms with Crippen LogP contribution in [0, 0.1) is 0 Å². The molecule has 37 heavy (non-hydrogen) atoms. The van der Waals surface area contributed by atoms with Crippen LogP contribution in [0.25, 0.3) is 0 Å². The summed E-state index contributed by atoms with van der Waals surface area (Å²) in [6, 6.07) is 20.8. The van der Waals surface area contributed by atoms with Crippen molar-refractivity contribution in [2.45, 2.75) is 25.9 Å². The Morgan fingerprint density at radius 2 is 1.43 bits per heavy atom. The Kier molecular flexibility index (Phi) is 7.51. The van der Waals surface area contributed by atoms with Crippen molar-refractivity contribution in [2.24, 2.45) is 0 Å². The Morgan fingerprint density at radius 3 is 2.08 bits per heavy atom. The highest BCUT2D eigenvalue weighted by atomic mass is 16.5. The van der Waals surface area contributed by atoms with Crippen molar-refractivity contribution in [3.63, 3.8) is 0 Å². The maximum Gasteiger partial charge on any atom is 0.227 e. The molecule has 2 aliphatic heterocycles. The van der Waals surface area contributed by atoms with E-state index in [9.17, 15) is 4.79 Å². The zero-order valence-electron chi connectivity index (χ0n) is 21.9. The molecule has 1 amide bonds. The van der Waals surface area contributed by atoms with Gasteiger partial charge in [-0.15, -0.1) is 0 Å². The second-order valence-electron chi connectivity index (χ2n) is 9.58. The number of ether oxygens (including phenoxy) is 3. The molecule has 194 valence electrons. The third-order valence-corrected chi connectivity index (χ3v) is 7.31. The Labute approximate surface area is 219 Å². The van der Waals surface area contributed by atoms with Crippen molar-refractivity contribution in [1.82, 2.24) is 4.90 Å². The van der Waals surface area contributed by atoms with E-state index in [2.05, 4.69) is 40.1 Å². The highest BCUT2D eigenvalue weighted by Gasteiger charge is 2.26. The van der Waals surface area contributed by atoms with Crippen LogP contribution in [-0.2, 0) is 24.3 Å². The topological polar surface area (TPSA) is 54.5 Å². The Balaban J connectivity index is 1.24. The Hall–Kier alpha value is -3.71. The van der Waals surface area contributed by atoms with Crippen LogP contribution in [0.5, 0.6) is 17.2 Å². The summed E-state index contributed by atoms with van der Waals surface area (Å²) in [5.74, 6) is 2.19. The first kappa shape index (κ1) is 25.0. The fraction of sp³-hybridized carbons (Fsp3) is 0.367. The maximum atomic E-state index is 12.7. The normalized spacial score (nSPS) is 15.9. The maximum absolute atomic E-state index is 12.7. The number of benzene rings is 3. The third-order valence-electron chi connectivity index (χ3n) is 7.31. The molecule has 2 heterocycles. The average Bonchev–Trinajstić information content (AvgIpc) is 2.94. The van der Waals surface area contributed by atoms with E-state index in [1.807, 2.05) is 35.2 Å². The number of anilines is 2. The van der Waals surface area contributed by atoms with E-state index in [0.717, 1.165) is 56.0 Å². The quantitative estimate of drug-likeness (QED) is 0.453. The van der Waals surface area contributed by atoms with E-state index in [1.165, 1.54) is 11.3 Å². The van der Waals surface area contributed by atoms with E-state index in [4.69, 9.17) is 14.2 Å². The van der Waals surface area contributed by atoms with Gasteiger partial charge in [0.1, 0.15) is 0 Å². The van der Waals surface area contributed by atoms with Crippen LogP contribution in [0.15, 0.2) is 60.7 Å². The molecule has 0 saturated carbocycles. The van der Waals surface area contributed by atoms with E-state index < -0.39 is 0 Å². The summed E-state index contributed by atoms with van der Waals surface area (Å²) in [4.78, 5) is 19.6. The van der Waals surface area contributed by atoms with Crippen molar-refractivity contribution in [3.05, 3.63) is 77.4 Å². The van der Waals surface area contributed by atoms with Gasteiger partial charge in [-0.1, -0.05) is 30.3 Å². The van der Waals surface area contributed by atoms with Gasteiger partial charge in [-0.05, 0) is 53.4 Å². The van der Waals surface area contributed by atoms with Crippen LogP contribution >= 0.6 is 0 Å². The fourth-order valence-corrected chi connectivity index (χ4v) is 5.33. The smallest absolute Gasteiger partial charge is 0.227 e. The van der Waals surface area contributed by atoms with Gasteiger partial charge in [0.25, 0.3) is 0 Å². The van der Waals surface area contributed by atoms with E-state index in [-0.39, 0.29) is 5.91 Å². The Bertz CT molecular complexity index is 1210. The van der Waals surface area contributed by atoms with Crippen LogP contribution in [0.2, 0.25) is 0 Å². The minimum atomic E-state index is 0.199. The predicted octanol–water partition coefficient (Wildman–Crippen LogP) is 4.51. The van der Waals surface area contributed by atoms with Gasteiger partial charge in [0.15, 0.2) is 11.5 Å². The summed E-state index contributed by atoms with van der Waals surface area (Å²) in [6.45, 7) is 5.28. The zero-order valence-corrected chi connectivity index (χ0v) is 21.9. The molecule has 5 rings (SSSR count). The van der Waals surface area contributed by atoms with Crippen molar-refractivity contribution < 1.29 is 19.0 Å². The van der Waals surface area contributed by atoms with Crippen LogP contribution in [-0.4, -0.2) is 58.3 Å². The van der Waals surface area contributed by atoms with Gasteiger partial charge in [-0.3, -0.25) is 9.69 Å². The molecule has 0 N–H and O–H groups in total. The summed E-state index contributed by atoms with van der Waals surface area (Å²) >= 11 is 0. The highest BCUT2D eigenvalue weighted by Crippen LogP contribution is 2.38. The number of amides is 1. The predicted molar refractivity (Wildman–Crippen MR) is 146 cm³/mol. The first-order valence-corrected chi connectivity index (χ1v) is 12.8. The lowest BCUT2D eigenvalue weighted by Crippen LogP contribution is -2.46. The number of fused-ring (bicyclic) bond motifs is 1. The first-order valence-electron chi connectivity index (χ1n) is 12.8. The van der Waals surface area contributed by atoms with Crippen LogP contribution in [0.1, 0.15) is 23.1 Å². The van der Waals surface area contributed by atoms with Crippen molar-refractivity contribution in [3.8, 4) is 17.2 Å². The lowest BCUT2D eigenvalue weighted by molar-refractivity contribution is -0.119. The van der Waals surface area contributed by atoms with Crippen molar-refractivity contribution >= 4 is 17.3 Å². The molecule has 0 aromatic heterocycles. The number of methoxy groups -OCH3 is 3.